The second-order valence-electron chi connectivity index (χ2n) is 5.92. The number of nitrogens with zero attached hydrogens (tertiary/aromatic N) is 5. The van der Waals surface area contributed by atoms with E-state index in [1.807, 2.05) is 31.2 Å². The predicted molar refractivity (Wildman–Crippen MR) is 92.6 cm³/mol. The Bertz CT molecular complexity index is 1010. The van der Waals surface area contributed by atoms with E-state index in [0.29, 0.717) is 5.82 Å². The van der Waals surface area contributed by atoms with E-state index in [-0.39, 0.29) is 36.1 Å². The lowest BCUT2D eigenvalue weighted by Crippen LogP contribution is -2.15. The number of hydrogen-bond acceptors (Lipinski definition) is 8. The van der Waals surface area contributed by atoms with Crippen LogP contribution in [0.25, 0.3) is 11.4 Å². The van der Waals surface area contributed by atoms with Crippen molar-refractivity contribution in [2.75, 3.05) is 0 Å². The topological polar surface area (TPSA) is 126 Å². The number of benzene rings is 1. The Morgan fingerprint density at radius 2 is 2.04 bits per heavy atom. The fourth-order valence-corrected chi connectivity index (χ4v) is 2.66. The minimum Gasteiger partial charge on any atom is -0.454 e. The normalized spacial score (nSPS) is 10.8. The maximum atomic E-state index is 12.0. The third kappa shape index (κ3) is 3.84. The first-order valence-corrected chi connectivity index (χ1v) is 8.09. The highest BCUT2D eigenvalue weighted by Gasteiger charge is 2.23. The molecule has 1 aromatic carbocycles. The van der Waals surface area contributed by atoms with Gasteiger partial charge in [0.2, 0.25) is 5.82 Å². The summed E-state index contributed by atoms with van der Waals surface area (Å²) in [6.45, 7) is 4.52. The van der Waals surface area contributed by atoms with E-state index >= 15 is 0 Å². The molecule has 0 saturated heterocycles. The van der Waals surface area contributed by atoms with Gasteiger partial charge in [0.05, 0.1) is 4.92 Å². The zero-order valence-electron chi connectivity index (χ0n) is 15.0. The minimum atomic E-state index is -0.619. The molecule has 140 valence electrons. The number of carbonyl (C=O) groups is 1. The number of esters is 1. The van der Waals surface area contributed by atoms with Crippen LogP contribution in [0.15, 0.2) is 28.8 Å². The van der Waals surface area contributed by atoms with Gasteiger partial charge in [-0.2, -0.15) is 10.1 Å². The summed E-state index contributed by atoms with van der Waals surface area (Å²) in [5.41, 5.74) is 2.24. The lowest BCUT2D eigenvalue weighted by Gasteiger charge is -2.03. The molecule has 0 aliphatic carbocycles. The van der Waals surface area contributed by atoms with Crippen LogP contribution in [-0.4, -0.2) is 30.8 Å². The number of aromatic nitrogens is 4. The van der Waals surface area contributed by atoms with E-state index in [4.69, 9.17) is 9.26 Å². The minimum absolute atomic E-state index is 0.109. The van der Waals surface area contributed by atoms with Crippen LogP contribution in [0.3, 0.4) is 0 Å². The molecule has 0 N–H and O–H groups in total. The molecular weight excluding hydrogens is 354 g/mol. The van der Waals surface area contributed by atoms with Gasteiger partial charge in [-0.05, 0) is 26.3 Å². The maximum absolute atomic E-state index is 12.0. The van der Waals surface area contributed by atoms with Gasteiger partial charge in [0.1, 0.15) is 17.9 Å². The molecule has 0 aliphatic rings. The van der Waals surface area contributed by atoms with E-state index in [1.165, 1.54) is 18.5 Å². The molecule has 27 heavy (non-hydrogen) atoms. The Hall–Kier alpha value is -3.56. The van der Waals surface area contributed by atoms with Crippen molar-refractivity contribution in [1.82, 2.24) is 19.9 Å². The molecule has 3 rings (SSSR count). The van der Waals surface area contributed by atoms with Crippen LogP contribution >= 0.6 is 0 Å². The molecule has 0 atom stereocenters. The second-order valence-corrected chi connectivity index (χ2v) is 5.92. The van der Waals surface area contributed by atoms with Gasteiger partial charge in [0, 0.05) is 5.56 Å². The maximum Gasteiger partial charge on any atom is 0.328 e. The highest BCUT2D eigenvalue weighted by Crippen LogP contribution is 2.22. The van der Waals surface area contributed by atoms with Crippen LogP contribution in [0.4, 0.5) is 5.69 Å². The van der Waals surface area contributed by atoms with Crippen LogP contribution in [0, 0.1) is 30.9 Å². The molecule has 0 bridgehead atoms. The van der Waals surface area contributed by atoms with Gasteiger partial charge >= 0.3 is 11.7 Å². The van der Waals surface area contributed by atoms with E-state index in [0.717, 1.165) is 11.1 Å². The van der Waals surface area contributed by atoms with Crippen molar-refractivity contribution in [2.24, 2.45) is 0 Å². The summed E-state index contributed by atoms with van der Waals surface area (Å²) in [5.74, 6) is -0.0552. The van der Waals surface area contributed by atoms with Gasteiger partial charge in [0.15, 0.2) is 6.61 Å². The Kier molecular flexibility index (Phi) is 4.97. The number of hydrogen-bond donors (Lipinski definition) is 0. The van der Waals surface area contributed by atoms with E-state index in [2.05, 4.69) is 15.2 Å². The molecule has 0 aliphatic heterocycles. The summed E-state index contributed by atoms with van der Waals surface area (Å²) in [5, 5.41) is 18.9. The third-order valence-corrected chi connectivity index (χ3v) is 4.02. The van der Waals surface area contributed by atoms with Crippen molar-refractivity contribution in [3.8, 4) is 11.4 Å². The van der Waals surface area contributed by atoms with Gasteiger partial charge in [0.25, 0.3) is 5.89 Å². The average molecular weight is 371 g/mol. The van der Waals surface area contributed by atoms with Crippen LogP contribution in [0.1, 0.15) is 22.8 Å². The highest BCUT2D eigenvalue weighted by atomic mass is 16.6. The summed E-state index contributed by atoms with van der Waals surface area (Å²) < 4.78 is 11.5. The molecule has 0 amide bonds. The lowest BCUT2D eigenvalue weighted by molar-refractivity contribution is -0.386. The van der Waals surface area contributed by atoms with Gasteiger partial charge in [-0.1, -0.05) is 29.4 Å². The first-order valence-electron chi connectivity index (χ1n) is 8.09. The van der Waals surface area contributed by atoms with E-state index in [1.54, 1.807) is 0 Å². The Morgan fingerprint density at radius 3 is 2.70 bits per heavy atom. The first kappa shape index (κ1) is 18.2. The van der Waals surface area contributed by atoms with Gasteiger partial charge in [-0.15, -0.1) is 0 Å². The Balaban J connectivity index is 1.63. The summed E-state index contributed by atoms with van der Waals surface area (Å²) in [6.07, 6.45) is 0. The predicted octanol–water partition coefficient (Wildman–Crippen LogP) is 2.51. The van der Waals surface area contributed by atoms with Crippen molar-refractivity contribution < 1.29 is 19.0 Å². The average Bonchev–Trinajstić information content (AvgIpc) is 3.18. The third-order valence-electron chi connectivity index (χ3n) is 4.02. The molecule has 2 aromatic heterocycles. The number of nitro groups is 1. The molecule has 0 radical (unpaired) electrons. The monoisotopic (exact) mass is 371 g/mol. The smallest absolute Gasteiger partial charge is 0.328 e. The molecule has 0 unspecified atom stereocenters. The van der Waals surface area contributed by atoms with E-state index in [9.17, 15) is 14.9 Å². The van der Waals surface area contributed by atoms with Crippen molar-refractivity contribution in [3.63, 3.8) is 0 Å². The van der Waals surface area contributed by atoms with Crippen molar-refractivity contribution >= 4 is 11.7 Å². The number of rotatable bonds is 6. The summed E-state index contributed by atoms with van der Waals surface area (Å²) >= 11 is 0. The van der Waals surface area contributed by atoms with Crippen LogP contribution in [0.5, 0.6) is 0 Å². The molecular formula is C17H17N5O5. The van der Waals surface area contributed by atoms with Crippen molar-refractivity contribution in [3.05, 3.63) is 57.2 Å². The number of ether oxygens (including phenoxy) is 1. The fourth-order valence-electron chi connectivity index (χ4n) is 2.66. The Labute approximate surface area is 153 Å². The van der Waals surface area contributed by atoms with Crippen LogP contribution < -0.4 is 0 Å². The molecule has 0 fully saturated rings. The second kappa shape index (κ2) is 7.36. The van der Waals surface area contributed by atoms with Gasteiger partial charge < -0.3 is 9.26 Å². The molecule has 10 nitrogen and oxygen atoms in total. The molecule has 10 heteroatoms. The Morgan fingerprint density at radius 1 is 1.30 bits per heavy atom. The van der Waals surface area contributed by atoms with E-state index < -0.39 is 10.9 Å². The van der Waals surface area contributed by atoms with Crippen LogP contribution in [-0.2, 0) is 22.7 Å². The molecule has 3 aromatic rings. The number of aryl methyl sites for hydroxylation is 2. The summed E-state index contributed by atoms with van der Waals surface area (Å²) in [6, 6.07) is 7.57. The summed E-state index contributed by atoms with van der Waals surface area (Å²) in [4.78, 5) is 26.7. The zero-order valence-corrected chi connectivity index (χ0v) is 15.0. The fraction of sp³-hybridized carbons (Fsp3) is 0.294. The summed E-state index contributed by atoms with van der Waals surface area (Å²) in [7, 11) is 0. The quantitative estimate of drug-likeness (QED) is 0.367. The lowest BCUT2D eigenvalue weighted by atomic mass is 10.1. The SMILES string of the molecule is Cc1ccccc1-c1noc(COC(=O)Cn2nc(C)c([N+](=O)[O-])c2C)n1. The van der Waals surface area contributed by atoms with Crippen molar-refractivity contribution in [2.45, 2.75) is 33.9 Å². The number of carbonyl (C=O) groups excluding carboxylic acids is 1. The molecule has 0 saturated carbocycles. The first-order chi connectivity index (χ1) is 12.9. The molecule has 0 spiro atoms. The van der Waals surface area contributed by atoms with Gasteiger partial charge in [-0.25, -0.2) is 0 Å². The van der Waals surface area contributed by atoms with Crippen LogP contribution in [0.2, 0.25) is 0 Å². The zero-order chi connectivity index (χ0) is 19.6. The van der Waals surface area contributed by atoms with Crippen molar-refractivity contribution in [1.29, 1.82) is 0 Å². The molecule has 2 heterocycles. The highest BCUT2D eigenvalue weighted by molar-refractivity contribution is 5.69. The largest absolute Gasteiger partial charge is 0.454 e. The van der Waals surface area contributed by atoms with Gasteiger partial charge in [-0.3, -0.25) is 19.6 Å². The standard InChI is InChI=1S/C17H17N5O5/c1-10-6-4-5-7-13(10)17-18-14(27-20-17)9-26-15(23)8-21-12(3)16(22(24)25)11(2)19-21/h4-7H,8-9H2,1-3H3.